The third-order valence-corrected chi connectivity index (χ3v) is 7.58. The summed E-state index contributed by atoms with van der Waals surface area (Å²) in [7, 11) is 3.50. The third-order valence-electron chi connectivity index (χ3n) is 6.84. The Morgan fingerprint density at radius 1 is 1.15 bits per heavy atom. The topological polar surface area (TPSA) is 64.0 Å². The standard InChI is InChI=1S/C26H35N3O4S/c1-27-11-4-5-20(16-27)18-33-23-15-24(30)29-14-13-28(12-10-22(29)25(23)26(31)32-2)17-19-6-8-21(34-3)9-7-19/h6-9,15,20H,4-5,10-14,16-18H2,1-3H3/t20-/m0/s1. The van der Waals surface area contributed by atoms with Crippen molar-refractivity contribution in [3.05, 3.63) is 57.5 Å². The van der Waals surface area contributed by atoms with Gasteiger partial charge < -0.3 is 18.9 Å². The molecule has 34 heavy (non-hydrogen) atoms. The summed E-state index contributed by atoms with van der Waals surface area (Å²) in [5, 5.41) is 0. The minimum Gasteiger partial charge on any atom is -0.492 e. The first-order chi connectivity index (χ1) is 16.5. The Morgan fingerprint density at radius 3 is 2.65 bits per heavy atom. The lowest BCUT2D eigenvalue weighted by Crippen LogP contribution is -2.35. The number of hydrogen-bond acceptors (Lipinski definition) is 7. The average molecular weight is 486 g/mol. The van der Waals surface area contributed by atoms with Crippen LogP contribution in [0, 0.1) is 5.92 Å². The first kappa shape index (κ1) is 24.8. The zero-order valence-electron chi connectivity index (χ0n) is 20.4. The highest BCUT2D eigenvalue weighted by molar-refractivity contribution is 7.98. The predicted octanol–water partition coefficient (Wildman–Crippen LogP) is 3.14. The zero-order valence-corrected chi connectivity index (χ0v) is 21.2. The van der Waals surface area contributed by atoms with E-state index in [9.17, 15) is 9.59 Å². The van der Waals surface area contributed by atoms with Crippen LogP contribution in [0.2, 0.25) is 0 Å². The second-order valence-electron chi connectivity index (χ2n) is 9.27. The van der Waals surface area contributed by atoms with Crippen molar-refractivity contribution in [2.45, 2.75) is 37.2 Å². The van der Waals surface area contributed by atoms with Crippen LogP contribution in [0.25, 0.3) is 0 Å². The van der Waals surface area contributed by atoms with Crippen LogP contribution in [0.4, 0.5) is 0 Å². The van der Waals surface area contributed by atoms with Gasteiger partial charge in [-0.3, -0.25) is 9.69 Å². The van der Waals surface area contributed by atoms with Crippen LogP contribution in [-0.4, -0.2) is 73.5 Å². The van der Waals surface area contributed by atoms with Crippen LogP contribution in [0.1, 0.15) is 34.5 Å². The zero-order chi connectivity index (χ0) is 24.1. The van der Waals surface area contributed by atoms with Gasteiger partial charge in [0, 0.05) is 61.7 Å². The number of fused-ring (bicyclic) bond motifs is 1. The third kappa shape index (κ3) is 5.85. The number of esters is 1. The number of hydrogen-bond donors (Lipinski definition) is 0. The number of aromatic nitrogens is 1. The molecule has 2 aromatic rings. The van der Waals surface area contributed by atoms with E-state index in [0.717, 1.165) is 51.3 Å². The normalized spacial score (nSPS) is 19.3. The molecular formula is C26H35N3O4S. The van der Waals surface area contributed by atoms with Gasteiger partial charge in [0.15, 0.2) is 0 Å². The molecule has 0 unspecified atom stereocenters. The number of ether oxygens (including phenoxy) is 2. The molecular weight excluding hydrogens is 450 g/mol. The Morgan fingerprint density at radius 2 is 1.94 bits per heavy atom. The number of rotatable bonds is 7. The van der Waals surface area contributed by atoms with Crippen molar-refractivity contribution >= 4 is 17.7 Å². The quantitative estimate of drug-likeness (QED) is 0.441. The first-order valence-corrected chi connectivity index (χ1v) is 13.2. The van der Waals surface area contributed by atoms with E-state index in [-0.39, 0.29) is 5.56 Å². The molecule has 7 nitrogen and oxygen atoms in total. The molecule has 0 N–H and O–H groups in total. The highest BCUT2D eigenvalue weighted by Gasteiger charge is 2.27. The fourth-order valence-electron chi connectivity index (χ4n) is 4.99. The maximum absolute atomic E-state index is 13.0. The number of carbonyl (C=O) groups is 1. The van der Waals surface area contributed by atoms with Crippen LogP contribution in [-0.2, 0) is 24.2 Å². The van der Waals surface area contributed by atoms with Crippen molar-refractivity contribution in [1.82, 2.24) is 14.4 Å². The van der Waals surface area contributed by atoms with Crippen molar-refractivity contribution in [2.75, 3.05) is 53.2 Å². The molecule has 0 saturated carbocycles. The van der Waals surface area contributed by atoms with Crippen LogP contribution in [0.15, 0.2) is 40.0 Å². The molecule has 0 amide bonds. The van der Waals surface area contributed by atoms with E-state index in [4.69, 9.17) is 9.47 Å². The molecule has 0 aliphatic carbocycles. The minimum absolute atomic E-state index is 0.121. The smallest absolute Gasteiger partial charge is 0.343 e. The number of likely N-dealkylation sites (tertiary alicyclic amines) is 1. The number of thioether (sulfide) groups is 1. The summed E-state index contributed by atoms with van der Waals surface area (Å²) >= 11 is 1.73. The summed E-state index contributed by atoms with van der Waals surface area (Å²) in [5.74, 6) is 0.303. The molecule has 2 aliphatic rings. The fourth-order valence-corrected chi connectivity index (χ4v) is 5.40. The van der Waals surface area contributed by atoms with Gasteiger partial charge in [0.2, 0.25) is 0 Å². The van der Waals surface area contributed by atoms with Crippen molar-refractivity contribution in [2.24, 2.45) is 5.92 Å². The Balaban J connectivity index is 1.53. The van der Waals surface area contributed by atoms with E-state index in [1.54, 1.807) is 16.3 Å². The molecule has 8 heteroatoms. The van der Waals surface area contributed by atoms with Crippen molar-refractivity contribution in [3.8, 4) is 5.75 Å². The van der Waals surface area contributed by atoms with Gasteiger partial charge in [0.05, 0.1) is 13.7 Å². The molecule has 0 radical (unpaired) electrons. The van der Waals surface area contributed by atoms with Crippen LogP contribution in [0.3, 0.4) is 0 Å². The summed E-state index contributed by atoms with van der Waals surface area (Å²) in [4.78, 5) is 31.7. The molecule has 1 atom stereocenters. The van der Waals surface area contributed by atoms with E-state index in [1.165, 1.54) is 23.6 Å². The highest BCUT2D eigenvalue weighted by atomic mass is 32.2. The number of nitrogens with zero attached hydrogens (tertiary/aromatic N) is 3. The van der Waals surface area contributed by atoms with Gasteiger partial charge in [0.1, 0.15) is 11.3 Å². The fraction of sp³-hybridized carbons (Fsp3) is 0.538. The molecule has 4 rings (SSSR count). The van der Waals surface area contributed by atoms with Gasteiger partial charge in [-0.15, -0.1) is 11.8 Å². The average Bonchev–Trinajstić information content (AvgIpc) is 3.06. The van der Waals surface area contributed by atoms with Gasteiger partial charge >= 0.3 is 5.97 Å². The predicted molar refractivity (Wildman–Crippen MR) is 135 cm³/mol. The van der Waals surface area contributed by atoms with E-state index >= 15 is 0 Å². The molecule has 0 bridgehead atoms. The van der Waals surface area contributed by atoms with Crippen molar-refractivity contribution in [1.29, 1.82) is 0 Å². The number of methoxy groups -OCH3 is 1. The van der Waals surface area contributed by atoms with Crippen molar-refractivity contribution < 1.29 is 14.3 Å². The second kappa shape index (κ2) is 11.4. The number of benzene rings is 1. The van der Waals surface area contributed by atoms with E-state index in [1.807, 2.05) is 0 Å². The SMILES string of the molecule is COC(=O)c1c(OC[C@H]2CCCN(C)C2)cc(=O)n2c1CCN(Cc1ccc(SC)cc1)CC2. The monoisotopic (exact) mass is 485 g/mol. The summed E-state index contributed by atoms with van der Waals surface area (Å²) in [6.07, 6.45) is 4.89. The Bertz CT molecular complexity index is 1050. The molecule has 3 heterocycles. The van der Waals surface area contributed by atoms with E-state index in [0.29, 0.717) is 36.8 Å². The Labute approximate surface area is 206 Å². The minimum atomic E-state index is -0.444. The van der Waals surface area contributed by atoms with Gasteiger partial charge in [-0.25, -0.2) is 4.79 Å². The van der Waals surface area contributed by atoms with E-state index < -0.39 is 5.97 Å². The molecule has 0 spiro atoms. The van der Waals surface area contributed by atoms with E-state index in [2.05, 4.69) is 47.4 Å². The first-order valence-electron chi connectivity index (χ1n) is 12.0. The molecule has 184 valence electrons. The summed E-state index contributed by atoms with van der Waals surface area (Å²) in [5.41, 5.74) is 2.24. The number of pyridine rings is 1. The lowest BCUT2D eigenvalue weighted by atomic mass is 9.99. The van der Waals surface area contributed by atoms with Crippen LogP contribution in [0.5, 0.6) is 5.75 Å². The molecule has 1 aromatic carbocycles. The maximum atomic E-state index is 13.0. The lowest BCUT2D eigenvalue weighted by molar-refractivity contribution is 0.0590. The molecule has 2 aliphatic heterocycles. The largest absolute Gasteiger partial charge is 0.492 e. The summed E-state index contributed by atoms with van der Waals surface area (Å²) in [6, 6.07) is 10.1. The Kier molecular flexibility index (Phi) is 8.34. The highest BCUT2D eigenvalue weighted by Crippen LogP contribution is 2.26. The molecule has 1 fully saturated rings. The Hall–Kier alpha value is -2.29. The van der Waals surface area contributed by atoms with Crippen LogP contribution >= 0.6 is 11.8 Å². The summed E-state index contributed by atoms with van der Waals surface area (Å²) < 4.78 is 13.0. The number of piperidine rings is 1. The number of carbonyl (C=O) groups excluding carboxylic acids is 1. The summed E-state index contributed by atoms with van der Waals surface area (Å²) in [6.45, 7) is 5.40. The maximum Gasteiger partial charge on any atom is 0.343 e. The van der Waals surface area contributed by atoms with Crippen molar-refractivity contribution in [3.63, 3.8) is 0 Å². The van der Waals surface area contributed by atoms with Gasteiger partial charge in [-0.2, -0.15) is 0 Å². The van der Waals surface area contributed by atoms with Gasteiger partial charge in [-0.05, 0) is 50.4 Å². The molecule has 1 aromatic heterocycles. The lowest BCUT2D eigenvalue weighted by Gasteiger charge is -2.29. The van der Waals surface area contributed by atoms with Gasteiger partial charge in [-0.1, -0.05) is 12.1 Å². The molecule has 1 saturated heterocycles. The second-order valence-corrected chi connectivity index (χ2v) is 10.1. The van der Waals surface area contributed by atoms with Gasteiger partial charge in [0.25, 0.3) is 5.56 Å². The van der Waals surface area contributed by atoms with Crippen LogP contribution < -0.4 is 10.3 Å².